The lowest BCUT2D eigenvalue weighted by molar-refractivity contribution is -0.205. The second-order valence-electron chi connectivity index (χ2n) is 4.53. The van der Waals surface area contributed by atoms with E-state index in [1.165, 1.54) is 20.8 Å². The van der Waals surface area contributed by atoms with Crippen molar-refractivity contribution in [3.05, 3.63) is 0 Å². The van der Waals surface area contributed by atoms with Gasteiger partial charge in [0.05, 0.1) is 0 Å². The molecule has 7 heteroatoms. The molecule has 0 amide bonds. The summed E-state index contributed by atoms with van der Waals surface area (Å²) in [6.07, 6.45) is -2.22. The second kappa shape index (κ2) is 6.47. The standard InChI is InChI=1S/C12H17BrO6/c1-5-9(6(2)14)19-12(13)11(18-8(4)16)10(5)17-7(3)15/h5,9-12H,1-4H3/t5-,9+,10+,11-,12-/m0/s1. The fourth-order valence-corrected chi connectivity index (χ4v) is 2.75. The van der Waals surface area contributed by atoms with E-state index in [2.05, 4.69) is 15.9 Å². The van der Waals surface area contributed by atoms with Gasteiger partial charge in [0, 0.05) is 19.8 Å². The summed E-state index contributed by atoms with van der Waals surface area (Å²) < 4.78 is 15.8. The first-order valence-electron chi connectivity index (χ1n) is 5.88. The molecule has 1 aliphatic heterocycles. The molecule has 0 aliphatic carbocycles. The molecule has 0 aromatic rings. The number of esters is 2. The van der Waals surface area contributed by atoms with E-state index in [-0.39, 0.29) is 5.78 Å². The molecule has 1 aliphatic rings. The van der Waals surface area contributed by atoms with Gasteiger partial charge >= 0.3 is 11.9 Å². The van der Waals surface area contributed by atoms with Crippen LogP contribution in [0.2, 0.25) is 0 Å². The van der Waals surface area contributed by atoms with Crippen molar-refractivity contribution in [2.45, 2.75) is 51.0 Å². The zero-order chi connectivity index (χ0) is 14.7. The largest absolute Gasteiger partial charge is 0.458 e. The first kappa shape index (κ1) is 16.1. The van der Waals surface area contributed by atoms with Crippen molar-refractivity contribution in [1.82, 2.24) is 0 Å². The topological polar surface area (TPSA) is 78.9 Å². The van der Waals surface area contributed by atoms with Gasteiger partial charge < -0.3 is 14.2 Å². The molecule has 1 fully saturated rings. The van der Waals surface area contributed by atoms with Gasteiger partial charge in [-0.3, -0.25) is 14.4 Å². The van der Waals surface area contributed by atoms with Crippen LogP contribution in [0.25, 0.3) is 0 Å². The normalized spacial score (nSPS) is 34.5. The molecular formula is C12H17BrO6. The van der Waals surface area contributed by atoms with Gasteiger partial charge in [-0.2, -0.15) is 0 Å². The van der Waals surface area contributed by atoms with Crippen LogP contribution in [0.3, 0.4) is 0 Å². The molecule has 6 nitrogen and oxygen atoms in total. The van der Waals surface area contributed by atoms with Gasteiger partial charge in [0.2, 0.25) is 0 Å². The molecule has 0 radical (unpaired) electrons. The van der Waals surface area contributed by atoms with Crippen molar-refractivity contribution in [2.24, 2.45) is 5.92 Å². The van der Waals surface area contributed by atoms with Crippen molar-refractivity contribution >= 4 is 33.7 Å². The fourth-order valence-electron chi connectivity index (χ4n) is 2.11. The molecule has 0 aromatic carbocycles. The molecule has 1 saturated heterocycles. The second-order valence-corrected chi connectivity index (χ2v) is 5.43. The van der Waals surface area contributed by atoms with Crippen molar-refractivity contribution < 1.29 is 28.6 Å². The highest BCUT2D eigenvalue weighted by atomic mass is 79.9. The molecule has 0 saturated carbocycles. The lowest BCUT2D eigenvalue weighted by atomic mass is 9.89. The summed E-state index contributed by atoms with van der Waals surface area (Å²) in [5.41, 5.74) is 0. The Morgan fingerprint density at radius 1 is 1.00 bits per heavy atom. The van der Waals surface area contributed by atoms with E-state index >= 15 is 0 Å². The van der Waals surface area contributed by atoms with Crippen LogP contribution in [-0.4, -0.2) is 41.0 Å². The number of halogens is 1. The predicted octanol–water partition coefficient (Wildman–Crippen LogP) is 1.19. The summed E-state index contributed by atoms with van der Waals surface area (Å²) in [7, 11) is 0. The molecule has 1 heterocycles. The van der Waals surface area contributed by atoms with Crippen molar-refractivity contribution in [3.8, 4) is 0 Å². The monoisotopic (exact) mass is 336 g/mol. The maximum Gasteiger partial charge on any atom is 0.303 e. The molecule has 19 heavy (non-hydrogen) atoms. The molecule has 5 atom stereocenters. The maximum atomic E-state index is 11.5. The number of hydrogen-bond donors (Lipinski definition) is 0. The zero-order valence-corrected chi connectivity index (χ0v) is 12.8. The van der Waals surface area contributed by atoms with Crippen molar-refractivity contribution in [3.63, 3.8) is 0 Å². The van der Waals surface area contributed by atoms with E-state index in [0.29, 0.717) is 0 Å². The molecule has 0 aromatic heterocycles. The van der Waals surface area contributed by atoms with Crippen LogP contribution in [0.15, 0.2) is 0 Å². The maximum absolute atomic E-state index is 11.5. The summed E-state index contributed by atoms with van der Waals surface area (Å²) in [5, 5.41) is -0.703. The molecular weight excluding hydrogens is 320 g/mol. The van der Waals surface area contributed by atoms with Crippen LogP contribution >= 0.6 is 15.9 Å². The van der Waals surface area contributed by atoms with Crippen LogP contribution in [0, 0.1) is 5.92 Å². The number of carbonyl (C=O) groups is 3. The number of ketones is 1. The van der Waals surface area contributed by atoms with Crippen LogP contribution in [0.1, 0.15) is 27.7 Å². The van der Waals surface area contributed by atoms with Gasteiger partial charge in [-0.25, -0.2) is 0 Å². The van der Waals surface area contributed by atoms with Crippen LogP contribution in [0.4, 0.5) is 0 Å². The Balaban J connectivity index is 2.98. The van der Waals surface area contributed by atoms with Crippen molar-refractivity contribution in [2.75, 3.05) is 0 Å². The fraction of sp³-hybridized carbons (Fsp3) is 0.750. The number of hydrogen-bond acceptors (Lipinski definition) is 6. The van der Waals surface area contributed by atoms with Crippen LogP contribution in [0.5, 0.6) is 0 Å². The molecule has 0 bridgehead atoms. The zero-order valence-electron chi connectivity index (χ0n) is 11.2. The van der Waals surface area contributed by atoms with Gasteiger partial charge in [0.15, 0.2) is 16.9 Å². The van der Waals surface area contributed by atoms with Gasteiger partial charge in [-0.05, 0) is 6.92 Å². The van der Waals surface area contributed by atoms with E-state index < -0.39 is 41.2 Å². The molecule has 108 valence electrons. The van der Waals surface area contributed by atoms with Gasteiger partial charge in [0.25, 0.3) is 0 Å². The van der Waals surface area contributed by atoms with E-state index in [9.17, 15) is 14.4 Å². The molecule has 0 N–H and O–H groups in total. The van der Waals surface area contributed by atoms with E-state index in [4.69, 9.17) is 14.2 Å². The summed E-state index contributed by atoms with van der Waals surface area (Å²) in [5.74, 6) is -1.59. The lowest BCUT2D eigenvalue weighted by Gasteiger charge is -2.41. The average molecular weight is 337 g/mol. The highest BCUT2D eigenvalue weighted by Gasteiger charge is 2.48. The molecule has 1 rings (SSSR count). The Hall–Kier alpha value is -0.950. The summed E-state index contributed by atoms with van der Waals surface area (Å²) >= 11 is 3.21. The third-order valence-electron chi connectivity index (χ3n) is 2.86. The lowest BCUT2D eigenvalue weighted by Crippen LogP contribution is -2.56. The summed E-state index contributed by atoms with van der Waals surface area (Å²) in [6.45, 7) is 5.64. The van der Waals surface area contributed by atoms with Gasteiger partial charge in [0.1, 0.15) is 12.2 Å². The van der Waals surface area contributed by atoms with Crippen molar-refractivity contribution in [1.29, 1.82) is 0 Å². The average Bonchev–Trinajstić information content (AvgIpc) is 2.26. The Bertz CT molecular complexity index is 382. The minimum absolute atomic E-state index is 0.171. The number of carbonyl (C=O) groups excluding carboxylic acids is 3. The Labute approximate surface area is 119 Å². The van der Waals surface area contributed by atoms with E-state index in [1.54, 1.807) is 6.92 Å². The Morgan fingerprint density at radius 3 is 1.89 bits per heavy atom. The van der Waals surface area contributed by atoms with Crippen LogP contribution in [-0.2, 0) is 28.6 Å². The smallest absolute Gasteiger partial charge is 0.303 e. The first-order chi connectivity index (χ1) is 8.73. The number of ether oxygens (including phenoxy) is 3. The first-order valence-corrected chi connectivity index (χ1v) is 6.80. The molecule has 0 spiro atoms. The minimum Gasteiger partial charge on any atom is -0.458 e. The predicted molar refractivity (Wildman–Crippen MR) is 68.5 cm³/mol. The number of alkyl halides is 1. The number of rotatable bonds is 3. The highest BCUT2D eigenvalue weighted by molar-refractivity contribution is 9.09. The Kier molecular flexibility index (Phi) is 5.49. The minimum atomic E-state index is -0.785. The summed E-state index contributed by atoms with van der Waals surface area (Å²) in [4.78, 5) is 33.8. The van der Waals surface area contributed by atoms with Gasteiger partial charge in [-0.15, -0.1) is 0 Å². The van der Waals surface area contributed by atoms with E-state index in [0.717, 1.165) is 0 Å². The summed E-state index contributed by atoms with van der Waals surface area (Å²) in [6, 6.07) is 0. The third-order valence-corrected chi connectivity index (χ3v) is 3.60. The third kappa shape index (κ3) is 4.01. The Morgan fingerprint density at radius 2 is 1.47 bits per heavy atom. The van der Waals surface area contributed by atoms with Gasteiger partial charge in [-0.1, -0.05) is 22.9 Å². The van der Waals surface area contributed by atoms with E-state index in [1.807, 2.05) is 0 Å². The number of Topliss-reactive ketones (excluding diaryl/α,β-unsaturated/α-hetero) is 1. The quantitative estimate of drug-likeness (QED) is 0.569. The molecule has 0 unspecified atom stereocenters. The highest BCUT2D eigenvalue weighted by Crippen LogP contribution is 2.33. The van der Waals surface area contributed by atoms with Crippen LogP contribution < -0.4 is 0 Å². The SMILES string of the molecule is CC(=O)O[C@@H]1[C@@H](C)[C@H](C(C)=O)O[C@H](Br)[C@H]1OC(C)=O.